The summed E-state index contributed by atoms with van der Waals surface area (Å²) in [5.41, 5.74) is 0. The van der Waals surface area contributed by atoms with Crippen molar-refractivity contribution in [1.29, 1.82) is 0 Å². The first-order valence-electron chi connectivity index (χ1n) is 6.28. The Labute approximate surface area is 99.2 Å². The molecule has 1 N–H and O–H groups in total. The lowest BCUT2D eigenvalue weighted by Crippen LogP contribution is -2.27. The molecular weight excluding hydrogens is 204 g/mol. The Balaban J connectivity index is 1.99. The summed E-state index contributed by atoms with van der Waals surface area (Å²) in [6.07, 6.45) is 6.21. The maximum atomic E-state index is 3.53. The van der Waals surface area contributed by atoms with E-state index in [0.717, 1.165) is 5.92 Å². The lowest BCUT2D eigenvalue weighted by Gasteiger charge is -2.15. The molecule has 0 saturated carbocycles. The third kappa shape index (κ3) is 5.79. The molecule has 90 valence electrons. The van der Waals surface area contributed by atoms with Crippen LogP contribution in [0.1, 0.15) is 26.2 Å². The number of hydrogen-bond donors (Lipinski definition) is 1. The Kier molecular flexibility index (Phi) is 7.49. The van der Waals surface area contributed by atoms with Crippen LogP contribution in [0, 0.1) is 5.92 Å². The van der Waals surface area contributed by atoms with Crippen LogP contribution in [-0.2, 0) is 0 Å². The predicted octanol–water partition coefficient (Wildman–Crippen LogP) is 2.06. The molecule has 1 saturated heterocycles. The molecule has 1 aliphatic heterocycles. The summed E-state index contributed by atoms with van der Waals surface area (Å²) in [6.45, 7) is 8.61. The van der Waals surface area contributed by atoms with Crippen LogP contribution in [0.25, 0.3) is 0 Å². The van der Waals surface area contributed by atoms with Gasteiger partial charge >= 0.3 is 0 Å². The van der Waals surface area contributed by atoms with Gasteiger partial charge in [-0.05, 0) is 63.4 Å². The molecule has 1 atom stereocenters. The average Bonchev–Trinajstić information content (AvgIpc) is 2.67. The molecule has 0 radical (unpaired) electrons. The second-order valence-corrected chi connectivity index (χ2v) is 5.49. The number of thioether (sulfide) groups is 1. The van der Waals surface area contributed by atoms with Gasteiger partial charge in [-0.2, -0.15) is 11.8 Å². The molecule has 1 heterocycles. The first kappa shape index (κ1) is 13.3. The fourth-order valence-electron chi connectivity index (χ4n) is 2.20. The molecule has 0 aromatic heterocycles. The van der Waals surface area contributed by atoms with E-state index in [-0.39, 0.29) is 0 Å². The molecule has 0 aromatic rings. The van der Waals surface area contributed by atoms with E-state index in [4.69, 9.17) is 0 Å². The van der Waals surface area contributed by atoms with Gasteiger partial charge in [0.1, 0.15) is 0 Å². The lowest BCUT2D eigenvalue weighted by atomic mass is 10.1. The molecule has 0 spiro atoms. The highest BCUT2D eigenvalue weighted by atomic mass is 32.2. The van der Waals surface area contributed by atoms with Gasteiger partial charge in [-0.1, -0.05) is 6.92 Å². The van der Waals surface area contributed by atoms with Crippen LogP contribution < -0.4 is 5.32 Å². The van der Waals surface area contributed by atoms with Crippen LogP contribution in [0.3, 0.4) is 0 Å². The topological polar surface area (TPSA) is 15.3 Å². The van der Waals surface area contributed by atoms with Gasteiger partial charge in [0.05, 0.1) is 0 Å². The van der Waals surface area contributed by atoms with Crippen LogP contribution in [0.2, 0.25) is 0 Å². The summed E-state index contributed by atoms with van der Waals surface area (Å²) in [4.78, 5) is 2.63. The van der Waals surface area contributed by atoms with Crippen molar-refractivity contribution in [1.82, 2.24) is 10.2 Å². The fraction of sp³-hybridized carbons (Fsp3) is 1.00. The number of nitrogens with zero attached hydrogens (tertiary/aromatic N) is 1. The van der Waals surface area contributed by atoms with Crippen molar-refractivity contribution < 1.29 is 0 Å². The minimum atomic E-state index is 0.908. The summed E-state index contributed by atoms with van der Waals surface area (Å²) >= 11 is 1.96. The van der Waals surface area contributed by atoms with Crippen molar-refractivity contribution in [2.45, 2.75) is 26.2 Å². The quantitative estimate of drug-likeness (QED) is 0.643. The first-order valence-corrected chi connectivity index (χ1v) is 7.68. The van der Waals surface area contributed by atoms with E-state index in [1.54, 1.807) is 0 Å². The normalized spacial score (nSPS) is 22.4. The highest BCUT2D eigenvalue weighted by Crippen LogP contribution is 2.15. The minimum Gasteiger partial charge on any atom is -0.316 e. The van der Waals surface area contributed by atoms with Gasteiger partial charge in [-0.3, -0.25) is 0 Å². The predicted molar refractivity (Wildman–Crippen MR) is 70.7 cm³/mol. The molecule has 1 aliphatic rings. The Morgan fingerprint density at radius 2 is 2.33 bits per heavy atom. The van der Waals surface area contributed by atoms with E-state index in [1.807, 2.05) is 11.8 Å². The summed E-state index contributed by atoms with van der Waals surface area (Å²) in [6, 6.07) is 0. The molecule has 1 fully saturated rings. The first-order chi connectivity index (χ1) is 7.36. The summed E-state index contributed by atoms with van der Waals surface area (Å²) < 4.78 is 0. The molecule has 2 nitrogen and oxygen atoms in total. The molecule has 1 rings (SSSR count). The van der Waals surface area contributed by atoms with E-state index in [9.17, 15) is 0 Å². The molecular formula is C12H26N2S. The van der Waals surface area contributed by atoms with Crippen LogP contribution in [-0.4, -0.2) is 49.6 Å². The molecule has 0 aromatic carbocycles. The zero-order valence-electron chi connectivity index (χ0n) is 10.3. The van der Waals surface area contributed by atoms with E-state index >= 15 is 0 Å². The maximum absolute atomic E-state index is 3.53. The average molecular weight is 230 g/mol. The third-order valence-corrected chi connectivity index (χ3v) is 3.75. The van der Waals surface area contributed by atoms with Gasteiger partial charge in [0.15, 0.2) is 0 Å². The van der Waals surface area contributed by atoms with Gasteiger partial charge in [-0.25, -0.2) is 0 Å². The zero-order chi connectivity index (χ0) is 10.9. The van der Waals surface area contributed by atoms with Gasteiger partial charge in [0, 0.05) is 6.54 Å². The zero-order valence-corrected chi connectivity index (χ0v) is 11.1. The number of nitrogens with one attached hydrogen (secondary N) is 1. The standard InChI is InChI=1S/C12H26N2S/c1-3-6-13-10-12-5-8-14(11-12)7-4-9-15-2/h12-13H,3-11H2,1-2H3. The molecule has 0 amide bonds. The third-order valence-electron chi connectivity index (χ3n) is 3.05. The van der Waals surface area contributed by atoms with Crippen molar-refractivity contribution in [2.24, 2.45) is 5.92 Å². The summed E-state index contributed by atoms with van der Waals surface area (Å²) in [5, 5.41) is 3.53. The maximum Gasteiger partial charge on any atom is 0.00223 e. The van der Waals surface area contributed by atoms with E-state index < -0.39 is 0 Å². The van der Waals surface area contributed by atoms with Gasteiger partial charge in [-0.15, -0.1) is 0 Å². The van der Waals surface area contributed by atoms with Gasteiger partial charge in [0.2, 0.25) is 0 Å². The van der Waals surface area contributed by atoms with Crippen LogP contribution >= 0.6 is 11.8 Å². The van der Waals surface area contributed by atoms with Crippen LogP contribution in [0.4, 0.5) is 0 Å². The van der Waals surface area contributed by atoms with E-state index in [0.29, 0.717) is 0 Å². The Bertz CT molecular complexity index is 137. The molecule has 15 heavy (non-hydrogen) atoms. The second-order valence-electron chi connectivity index (χ2n) is 4.51. The second kappa shape index (κ2) is 8.43. The van der Waals surface area contributed by atoms with Crippen LogP contribution in [0.5, 0.6) is 0 Å². The Morgan fingerprint density at radius 1 is 1.47 bits per heavy atom. The van der Waals surface area contributed by atoms with Crippen molar-refractivity contribution in [2.75, 3.05) is 44.7 Å². The SMILES string of the molecule is CCCNCC1CCN(CCCSC)C1. The van der Waals surface area contributed by atoms with Gasteiger partial charge in [0.25, 0.3) is 0 Å². The van der Waals surface area contributed by atoms with Crippen molar-refractivity contribution in [3.63, 3.8) is 0 Å². The molecule has 3 heteroatoms. The smallest absolute Gasteiger partial charge is 0.00223 e. The molecule has 1 unspecified atom stereocenters. The van der Waals surface area contributed by atoms with Crippen molar-refractivity contribution in [3.05, 3.63) is 0 Å². The largest absolute Gasteiger partial charge is 0.316 e. The highest BCUT2D eigenvalue weighted by Gasteiger charge is 2.20. The Hall–Kier alpha value is 0.270. The van der Waals surface area contributed by atoms with Crippen molar-refractivity contribution in [3.8, 4) is 0 Å². The number of likely N-dealkylation sites (tertiary alicyclic amines) is 1. The van der Waals surface area contributed by atoms with Crippen LogP contribution in [0.15, 0.2) is 0 Å². The highest BCUT2D eigenvalue weighted by molar-refractivity contribution is 7.98. The lowest BCUT2D eigenvalue weighted by molar-refractivity contribution is 0.323. The van der Waals surface area contributed by atoms with Crippen molar-refractivity contribution >= 4 is 11.8 Å². The minimum absolute atomic E-state index is 0.908. The Morgan fingerprint density at radius 3 is 3.07 bits per heavy atom. The molecule has 0 aliphatic carbocycles. The molecule has 0 bridgehead atoms. The van der Waals surface area contributed by atoms with E-state index in [1.165, 1.54) is 57.7 Å². The van der Waals surface area contributed by atoms with Gasteiger partial charge < -0.3 is 10.2 Å². The number of hydrogen-bond acceptors (Lipinski definition) is 3. The summed E-state index contributed by atoms with van der Waals surface area (Å²) in [5.74, 6) is 2.22. The summed E-state index contributed by atoms with van der Waals surface area (Å²) in [7, 11) is 0. The number of rotatable bonds is 8. The van der Waals surface area contributed by atoms with E-state index in [2.05, 4.69) is 23.4 Å². The monoisotopic (exact) mass is 230 g/mol. The fourth-order valence-corrected chi connectivity index (χ4v) is 2.62.